The minimum Gasteiger partial charge on any atom is -0.497 e. The highest BCUT2D eigenvalue weighted by Crippen LogP contribution is 2.25. The molecule has 0 atom stereocenters. The van der Waals surface area contributed by atoms with Crippen LogP contribution in [0.3, 0.4) is 0 Å². The Hall–Kier alpha value is -2.49. The lowest BCUT2D eigenvalue weighted by Gasteiger charge is -2.19. The Morgan fingerprint density at radius 1 is 1.00 bits per heavy atom. The van der Waals surface area contributed by atoms with E-state index in [0.29, 0.717) is 13.0 Å². The van der Waals surface area contributed by atoms with E-state index < -0.39 is 0 Å². The van der Waals surface area contributed by atoms with Gasteiger partial charge in [-0.15, -0.1) is 0 Å². The summed E-state index contributed by atoms with van der Waals surface area (Å²) in [4.78, 5) is 14.2. The van der Waals surface area contributed by atoms with Crippen LogP contribution >= 0.6 is 0 Å². The first kappa shape index (κ1) is 17.9. The number of nitrogens with zero attached hydrogens (tertiary/aromatic N) is 1. The average molecular weight is 327 g/mol. The third kappa shape index (κ3) is 4.28. The van der Waals surface area contributed by atoms with Gasteiger partial charge in [0, 0.05) is 25.2 Å². The van der Waals surface area contributed by atoms with Crippen molar-refractivity contribution >= 4 is 5.91 Å². The monoisotopic (exact) mass is 327 g/mol. The molecule has 0 aliphatic heterocycles. The van der Waals surface area contributed by atoms with Crippen LogP contribution in [0.25, 0.3) is 0 Å². The van der Waals surface area contributed by atoms with Crippen LogP contribution < -0.4 is 9.47 Å². The molecule has 2 aromatic carbocycles. The first-order chi connectivity index (χ1) is 11.4. The Kier molecular flexibility index (Phi) is 5.85. The van der Waals surface area contributed by atoms with Gasteiger partial charge in [-0.2, -0.15) is 0 Å². The maximum absolute atomic E-state index is 12.5. The Morgan fingerprint density at radius 3 is 2.38 bits per heavy atom. The summed E-state index contributed by atoms with van der Waals surface area (Å²) in [5.74, 6) is 1.54. The molecule has 0 aromatic heterocycles. The Labute approximate surface area is 144 Å². The van der Waals surface area contributed by atoms with Crippen molar-refractivity contribution in [3.8, 4) is 11.5 Å². The minimum absolute atomic E-state index is 0.0797. The molecule has 0 unspecified atom stereocenters. The number of benzene rings is 2. The highest BCUT2D eigenvalue weighted by atomic mass is 16.5. The van der Waals surface area contributed by atoms with Gasteiger partial charge in [0.2, 0.25) is 5.91 Å². The maximum Gasteiger partial charge on any atom is 0.227 e. The molecule has 0 aliphatic rings. The number of ether oxygens (including phenoxy) is 2. The van der Waals surface area contributed by atoms with Crippen molar-refractivity contribution in [2.45, 2.75) is 26.8 Å². The summed E-state index contributed by atoms with van der Waals surface area (Å²) >= 11 is 0. The SMILES string of the molecule is COc1ccc(CN(C)C(=O)Cc2ccc(C)c(C)c2)c(OC)c1. The van der Waals surface area contributed by atoms with Crippen LogP contribution in [0.15, 0.2) is 36.4 Å². The first-order valence-electron chi connectivity index (χ1n) is 7.95. The molecule has 0 radical (unpaired) electrons. The van der Waals surface area contributed by atoms with Crippen molar-refractivity contribution in [1.82, 2.24) is 4.90 Å². The summed E-state index contributed by atoms with van der Waals surface area (Å²) in [6.07, 6.45) is 0.399. The first-order valence-corrected chi connectivity index (χ1v) is 7.95. The second-order valence-corrected chi connectivity index (χ2v) is 6.02. The van der Waals surface area contributed by atoms with Gasteiger partial charge >= 0.3 is 0 Å². The normalized spacial score (nSPS) is 10.4. The summed E-state index contributed by atoms with van der Waals surface area (Å²) in [6.45, 7) is 4.63. The molecule has 0 saturated heterocycles. The average Bonchev–Trinajstić information content (AvgIpc) is 2.58. The van der Waals surface area contributed by atoms with Crippen molar-refractivity contribution in [3.05, 3.63) is 58.7 Å². The van der Waals surface area contributed by atoms with Crippen LogP contribution in [0.1, 0.15) is 22.3 Å². The van der Waals surface area contributed by atoms with Crippen LogP contribution in [0.2, 0.25) is 0 Å². The maximum atomic E-state index is 12.5. The van der Waals surface area contributed by atoms with Gasteiger partial charge in [-0.25, -0.2) is 0 Å². The van der Waals surface area contributed by atoms with Crippen molar-refractivity contribution in [1.29, 1.82) is 0 Å². The van der Waals surface area contributed by atoms with E-state index in [4.69, 9.17) is 9.47 Å². The van der Waals surface area contributed by atoms with Gasteiger partial charge in [-0.05, 0) is 42.7 Å². The fraction of sp³-hybridized carbons (Fsp3) is 0.350. The van der Waals surface area contributed by atoms with E-state index in [2.05, 4.69) is 26.0 Å². The second kappa shape index (κ2) is 7.86. The fourth-order valence-electron chi connectivity index (χ4n) is 2.55. The summed E-state index contributed by atoms with van der Waals surface area (Å²) in [6, 6.07) is 11.8. The second-order valence-electron chi connectivity index (χ2n) is 6.02. The van der Waals surface area contributed by atoms with Crippen LogP contribution in [-0.2, 0) is 17.8 Å². The van der Waals surface area contributed by atoms with Gasteiger partial charge < -0.3 is 14.4 Å². The lowest BCUT2D eigenvalue weighted by Crippen LogP contribution is -2.28. The summed E-state index contributed by atoms with van der Waals surface area (Å²) in [5.41, 5.74) is 4.44. The standard InChI is InChI=1S/C20H25NO3/c1-14-6-7-16(10-15(14)2)11-20(22)21(3)13-17-8-9-18(23-4)12-19(17)24-5/h6-10,12H,11,13H2,1-5H3. The van der Waals surface area contributed by atoms with Gasteiger partial charge in [0.25, 0.3) is 0 Å². The smallest absolute Gasteiger partial charge is 0.227 e. The molecule has 0 saturated carbocycles. The molecule has 24 heavy (non-hydrogen) atoms. The van der Waals surface area contributed by atoms with Gasteiger partial charge in [0.15, 0.2) is 0 Å². The number of methoxy groups -OCH3 is 2. The summed E-state index contributed by atoms with van der Waals surface area (Å²) in [5, 5.41) is 0. The van der Waals surface area contributed by atoms with Gasteiger partial charge in [-0.3, -0.25) is 4.79 Å². The third-order valence-electron chi connectivity index (χ3n) is 4.25. The number of likely N-dealkylation sites (N-methyl/N-ethyl adjacent to an activating group) is 1. The van der Waals surface area contributed by atoms with Crippen molar-refractivity contribution < 1.29 is 14.3 Å². The number of rotatable bonds is 6. The number of hydrogen-bond donors (Lipinski definition) is 0. The zero-order chi connectivity index (χ0) is 17.7. The molecule has 0 spiro atoms. The molecule has 0 N–H and O–H groups in total. The Bertz CT molecular complexity index is 725. The summed E-state index contributed by atoms with van der Waals surface area (Å²) < 4.78 is 10.6. The predicted molar refractivity (Wildman–Crippen MR) is 95.6 cm³/mol. The molecule has 4 nitrogen and oxygen atoms in total. The van der Waals surface area contributed by atoms with E-state index >= 15 is 0 Å². The van der Waals surface area contributed by atoms with E-state index in [9.17, 15) is 4.79 Å². The Morgan fingerprint density at radius 2 is 1.75 bits per heavy atom. The van der Waals surface area contributed by atoms with E-state index in [1.54, 1.807) is 19.1 Å². The molecule has 0 aliphatic carbocycles. The van der Waals surface area contributed by atoms with Gasteiger partial charge in [-0.1, -0.05) is 18.2 Å². The largest absolute Gasteiger partial charge is 0.497 e. The lowest BCUT2D eigenvalue weighted by molar-refractivity contribution is -0.129. The van der Waals surface area contributed by atoms with Crippen molar-refractivity contribution in [2.75, 3.05) is 21.3 Å². The van der Waals surface area contributed by atoms with E-state index in [1.807, 2.05) is 31.3 Å². The Balaban J connectivity index is 2.07. The zero-order valence-corrected chi connectivity index (χ0v) is 15.1. The predicted octanol–water partition coefficient (Wildman–Crippen LogP) is 3.52. The molecule has 128 valence electrons. The molecule has 1 amide bonds. The van der Waals surface area contributed by atoms with Crippen LogP contribution in [-0.4, -0.2) is 32.1 Å². The quantitative estimate of drug-likeness (QED) is 0.815. The zero-order valence-electron chi connectivity index (χ0n) is 15.1. The molecular weight excluding hydrogens is 302 g/mol. The van der Waals surface area contributed by atoms with Crippen LogP contribution in [0, 0.1) is 13.8 Å². The highest BCUT2D eigenvalue weighted by Gasteiger charge is 2.13. The fourth-order valence-corrected chi connectivity index (χ4v) is 2.55. The number of carbonyl (C=O) groups is 1. The van der Waals surface area contributed by atoms with Crippen molar-refractivity contribution in [2.24, 2.45) is 0 Å². The number of aryl methyl sites for hydroxylation is 2. The van der Waals surface area contributed by atoms with E-state index in [1.165, 1.54) is 11.1 Å². The molecule has 4 heteroatoms. The molecule has 2 rings (SSSR count). The highest BCUT2D eigenvalue weighted by molar-refractivity contribution is 5.78. The molecule has 0 fully saturated rings. The number of carbonyl (C=O) groups excluding carboxylic acids is 1. The molecule has 2 aromatic rings. The lowest BCUT2D eigenvalue weighted by atomic mass is 10.0. The van der Waals surface area contributed by atoms with Gasteiger partial charge in [0.1, 0.15) is 11.5 Å². The molecule has 0 bridgehead atoms. The topological polar surface area (TPSA) is 38.8 Å². The number of hydrogen-bond acceptors (Lipinski definition) is 3. The molecular formula is C20H25NO3. The van der Waals surface area contributed by atoms with Gasteiger partial charge in [0.05, 0.1) is 20.6 Å². The molecule has 0 heterocycles. The number of amides is 1. The third-order valence-corrected chi connectivity index (χ3v) is 4.25. The minimum atomic E-state index is 0.0797. The van der Waals surface area contributed by atoms with Crippen molar-refractivity contribution in [3.63, 3.8) is 0 Å². The van der Waals surface area contributed by atoms with Crippen LogP contribution in [0.5, 0.6) is 11.5 Å². The summed E-state index contributed by atoms with van der Waals surface area (Å²) in [7, 11) is 5.05. The van der Waals surface area contributed by atoms with Crippen LogP contribution in [0.4, 0.5) is 0 Å². The van der Waals surface area contributed by atoms with E-state index in [-0.39, 0.29) is 5.91 Å². The van der Waals surface area contributed by atoms with E-state index in [0.717, 1.165) is 22.6 Å².